The highest BCUT2D eigenvalue weighted by atomic mass is 19.4. The molecule has 0 bridgehead atoms. The molecule has 0 unspecified atom stereocenters. The Morgan fingerprint density at radius 1 is 1.21 bits per heavy atom. The van der Waals surface area contributed by atoms with Crippen LogP contribution in [0.4, 0.5) is 18.9 Å². The number of halogens is 3. The number of alkyl halides is 3. The molecule has 19 heavy (non-hydrogen) atoms. The number of carboxylic acids is 1. The zero-order chi connectivity index (χ0) is 14.5. The van der Waals surface area contributed by atoms with Gasteiger partial charge in [0.25, 0.3) is 0 Å². The Morgan fingerprint density at radius 3 is 2.21 bits per heavy atom. The van der Waals surface area contributed by atoms with Crippen LogP contribution in [0.5, 0.6) is 0 Å². The number of aliphatic carboxylic acids is 1. The molecular weight excluding hydrogens is 259 g/mol. The van der Waals surface area contributed by atoms with Crippen molar-refractivity contribution in [3.63, 3.8) is 0 Å². The average molecular weight is 275 g/mol. The lowest BCUT2D eigenvalue weighted by molar-refractivity contribution is -0.138. The quantitative estimate of drug-likeness (QED) is 0.865. The van der Waals surface area contributed by atoms with Gasteiger partial charge in [0.2, 0.25) is 0 Å². The minimum atomic E-state index is -4.35. The van der Waals surface area contributed by atoms with Crippen molar-refractivity contribution in [3.8, 4) is 0 Å². The molecule has 1 rings (SSSR count). The Balaban J connectivity index is 2.82. The van der Waals surface area contributed by atoms with Crippen molar-refractivity contribution in [2.75, 3.05) is 18.0 Å². The van der Waals surface area contributed by atoms with Crippen LogP contribution >= 0.6 is 0 Å². The van der Waals surface area contributed by atoms with E-state index in [1.54, 1.807) is 4.90 Å². The van der Waals surface area contributed by atoms with Crippen LogP contribution in [-0.4, -0.2) is 24.2 Å². The second kappa shape index (κ2) is 6.45. The number of hydrogen-bond donors (Lipinski definition) is 1. The number of carboxylic acid groups (broad SMARTS) is 1. The zero-order valence-electron chi connectivity index (χ0n) is 10.6. The summed E-state index contributed by atoms with van der Waals surface area (Å²) in [6.45, 7) is 2.82. The van der Waals surface area contributed by atoms with Crippen molar-refractivity contribution in [1.82, 2.24) is 0 Å². The summed E-state index contributed by atoms with van der Waals surface area (Å²) >= 11 is 0. The van der Waals surface area contributed by atoms with E-state index in [4.69, 9.17) is 5.11 Å². The molecule has 1 aromatic rings. The lowest BCUT2D eigenvalue weighted by Gasteiger charge is -2.24. The maximum absolute atomic E-state index is 12.4. The van der Waals surface area contributed by atoms with Crippen LogP contribution in [0.1, 0.15) is 25.3 Å². The van der Waals surface area contributed by atoms with Gasteiger partial charge < -0.3 is 10.0 Å². The third-order valence-corrected chi connectivity index (χ3v) is 2.65. The van der Waals surface area contributed by atoms with E-state index in [9.17, 15) is 18.0 Å². The molecule has 0 saturated carbocycles. The van der Waals surface area contributed by atoms with E-state index in [0.717, 1.165) is 18.6 Å². The Labute approximate surface area is 109 Å². The number of benzene rings is 1. The molecule has 0 fully saturated rings. The monoisotopic (exact) mass is 275 g/mol. The summed E-state index contributed by atoms with van der Waals surface area (Å²) in [6.07, 6.45) is -3.60. The van der Waals surface area contributed by atoms with Crippen molar-refractivity contribution in [2.24, 2.45) is 0 Å². The number of rotatable bonds is 6. The highest BCUT2D eigenvalue weighted by molar-refractivity contribution is 5.67. The average Bonchev–Trinajstić information content (AvgIpc) is 2.33. The summed E-state index contributed by atoms with van der Waals surface area (Å²) in [5, 5.41) is 8.65. The summed E-state index contributed by atoms with van der Waals surface area (Å²) in [7, 11) is 0. The highest BCUT2D eigenvalue weighted by Crippen LogP contribution is 2.30. The van der Waals surface area contributed by atoms with Gasteiger partial charge in [-0.3, -0.25) is 4.79 Å². The Morgan fingerprint density at radius 2 is 1.79 bits per heavy atom. The van der Waals surface area contributed by atoms with Crippen molar-refractivity contribution in [2.45, 2.75) is 25.9 Å². The summed E-state index contributed by atoms with van der Waals surface area (Å²) in [5.74, 6) is -0.923. The lowest BCUT2D eigenvalue weighted by atomic mass is 10.2. The van der Waals surface area contributed by atoms with E-state index < -0.39 is 17.7 Å². The number of carbonyl (C=O) groups is 1. The van der Waals surface area contributed by atoms with E-state index in [0.29, 0.717) is 12.2 Å². The zero-order valence-corrected chi connectivity index (χ0v) is 10.6. The van der Waals surface area contributed by atoms with Gasteiger partial charge in [-0.05, 0) is 30.7 Å². The Hall–Kier alpha value is -1.72. The van der Waals surface area contributed by atoms with Gasteiger partial charge in [0.1, 0.15) is 0 Å². The predicted molar refractivity (Wildman–Crippen MR) is 66.2 cm³/mol. The van der Waals surface area contributed by atoms with Gasteiger partial charge in [-0.1, -0.05) is 6.92 Å². The normalized spacial score (nSPS) is 11.4. The van der Waals surface area contributed by atoms with E-state index in [2.05, 4.69) is 0 Å². The molecule has 0 saturated heterocycles. The topological polar surface area (TPSA) is 40.5 Å². The van der Waals surface area contributed by atoms with Crippen molar-refractivity contribution in [1.29, 1.82) is 0 Å². The largest absolute Gasteiger partial charge is 0.481 e. The second-order valence-corrected chi connectivity index (χ2v) is 4.18. The van der Waals surface area contributed by atoms with E-state index >= 15 is 0 Å². The number of hydrogen-bond acceptors (Lipinski definition) is 2. The first-order valence-corrected chi connectivity index (χ1v) is 5.98. The summed E-state index contributed by atoms with van der Waals surface area (Å²) in [4.78, 5) is 12.3. The number of anilines is 1. The minimum Gasteiger partial charge on any atom is -0.481 e. The van der Waals surface area contributed by atoms with Crippen molar-refractivity contribution >= 4 is 11.7 Å². The van der Waals surface area contributed by atoms with Gasteiger partial charge >= 0.3 is 12.1 Å². The molecule has 0 aliphatic rings. The molecule has 0 aliphatic carbocycles. The first-order valence-electron chi connectivity index (χ1n) is 5.98. The fourth-order valence-electron chi connectivity index (χ4n) is 1.73. The third kappa shape index (κ3) is 4.81. The Bertz CT molecular complexity index is 415. The molecule has 0 aliphatic heterocycles. The lowest BCUT2D eigenvalue weighted by Crippen LogP contribution is -2.27. The molecule has 0 amide bonds. The molecule has 106 valence electrons. The van der Waals surface area contributed by atoms with Gasteiger partial charge in [-0.15, -0.1) is 0 Å². The summed E-state index contributed by atoms with van der Waals surface area (Å²) in [5.41, 5.74) is -0.0953. The van der Waals surface area contributed by atoms with Gasteiger partial charge in [0.05, 0.1) is 12.0 Å². The van der Waals surface area contributed by atoms with Gasteiger partial charge in [-0.25, -0.2) is 0 Å². The SMILES string of the molecule is CCCN(CCC(=O)O)c1ccc(C(F)(F)F)cc1. The molecule has 6 heteroatoms. The standard InChI is InChI=1S/C13H16F3NO2/c1-2-8-17(9-7-12(18)19)11-5-3-10(4-6-11)13(14,15)16/h3-6H,2,7-9H2,1H3,(H,18,19). The molecule has 3 nitrogen and oxygen atoms in total. The van der Waals surface area contributed by atoms with Crippen LogP contribution in [0.3, 0.4) is 0 Å². The van der Waals surface area contributed by atoms with Gasteiger partial charge in [0.15, 0.2) is 0 Å². The van der Waals surface area contributed by atoms with Crippen LogP contribution in [-0.2, 0) is 11.0 Å². The minimum absolute atomic E-state index is 0.0407. The summed E-state index contributed by atoms with van der Waals surface area (Å²) in [6, 6.07) is 4.78. The highest BCUT2D eigenvalue weighted by Gasteiger charge is 2.30. The van der Waals surface area contributed by atoms with E-state index in [1.807, 2.05) is 6.92 Å². The third-order valence-electron chi connectivity index (χ3n) is 2.65. The molecule has 0 atom stereocenters. The molecular formula is C13H16F3NO2. The van der Waals surface area contributed by atoms with Crippen LogP contribution in [0.2, 0.25) is 0 Å². The number of nitrogens with zero attached hydrogens (tertiary/aromatic N) is 1. The van der Waals surface area contributed by atoms with Crippen LogP contribution in [0.15, 0.2) is 24.3 Å². The Kier molecular flexibility index (Phi) is 5.20. The van der Waals surface area contributed by atoms with Crippen molar-refractivity contribution < 1.29 is 23.1 Å². The van der Waals surface area contributed by atoms with Gasteiger partial charge in [0, 0.05) is 18.8 Å². The maximum Gasteiger partial charge on any atom is 0.416 e. The predicted octanol–water partition coefficient (Wildman–Crippen LogP) is 3.40. The van der Waals surface area contributed by atoms with Gasteiger partial charge in [-0.2, -0.15) is 13.2 Å². The molecule has 0 radical (unpaired) electrons. The molecule has 0 aromatic heterocycles. The molecule has 1 aromatic carbocycles. The second-order valence-electron chi connectivity index (χ2n) is 4.18. The van der Waals surface area contributed by atoms with E-state index in [-0.39, 0.29) is 13.0 Å². The fourth-order valence-corrected chi connectivity index (χ4v) is 1.73. The first-order chi connectivity index (χ1) is 8.84. The molecule has 0 heterocycles. The molecule has 1 N–H and O–H groups in total. The summed E-state index contributed by atoms with van der Waals surface area (Å²) < 4.78 is 37.3. The van der Waals surface area contributed by atoms with Crippen molar-refractivity contribution in [3.05, 3.63) is 29.8 Å². The van der Waals surface area contributed by atoms with Crippen LogP contribution in [0, 0.1) is 0 Å². The van der Waals surface area contributed by atoms with Crippen LogP contribution < -0.4 is 4.90 Å². The fraction of sp³-hybridized carbons (Fsp3) is 0.462. The smallest absolute Gasteiger partial charge is 0.416 e. The van der Waals surface area contributed by atoms with E-state index in [1.165, 1.54) is 12.1 Å². The molecule has 0 spiro atoms. The maximum atomic E-state index is 12.4. The van der Waals surface area contributed by atoms with Crippen LogP contribution in [0.25, 0.3) is 0 Å². The first kappa shape index (κ1) is 15.3.